The van der Waals surface area contributed by atoms with Gasteiger partial charge in [0.2, 0.25) is 0 Å². The van der Waals surface area contributed by atoms with E-state index in [0.29, 0.717) is 10.8 Å². The van der Waals surface area contributed by atoms with Crippen LogP contribution in [0, 0.1) is 0 Å². The first kappa shape index (κ1) is 15.7. The predicted molar refractivity (Wildman–Crippen MR) is 97.9 cm³/mol. The van der Waals surface area contributed by atoms with E-state index in [4.69, 9.17) is 11.6 Å². The normalized spacial score (nSPS) is 11.1. The number of aryl methyl sites for hydroxylation is 2. The third-order valence-corrected chi connectivity index (χ3v) is 4.28. The molecule has 0 amide bonds. The van der Waals surface area contributed by atoms with E-state index >= 15 is 0 Å². The lowest BCUT2D eigenvalue weighted by molar-refractivity contribution is 0.751. The first-order valence-electron chi connectivity index (χ1n) is 8.15. The Balaban J connectivity index is 1.56. The third-order valence-electron chi connectivity index (χ3n) is 4.02. The van der Waals surface area contributed by atoms with E-state index < -0.39 is 0 Å². The molecule has 0 N–H and O–H groups in total. The fraction of sp³-hybridized carbons (Fsp3) is 0.158. The number of fused-ring (bicyclic) bond motifs is 1. The Morgan fingerprint density at radius 3 is 2.68 bits per heavy atom. The van der Waals surface area contributed by atoms with Crippen LogP contribution in [0.3, 0.4) is 0 Å². The minimum Gasteiger partial charge on any atom is -0.282 e. The van der Waals surface area contributed by atoms with Gasteiger partial charge in [-0.3, -0.25) is 9.55 Å². The summed E-state index contributed by atoms with van der Waals surface area (Å²) in [4.78, 5) is 17.8. The molecule has 1 aromatic carbocycles. The van der Waals surface area contributed by atoms with Crippen molar-refractivity contribution in [2.45, 2.75) is 19.3 Å². The lowest BCUT2D eigenvalue weighted by Gasteiger charge is -2.08. The van der Waals surface area contributed by atoms with E-state index in [1.54, 1.807) is 12.5 Å². The molecule has 0 spiro atoms. The van der Waals surface area contributed by atoms with Crippen LogP contribution in [0.5, 0.6) is 0 Å². The van der Waals surface area contributed by atoms with Gasteiger partial charge in [-0.15, -0.1) is 0 Å². The highest BCUT2D eigenvalue weighted by atomic mass is 35.5. The lowest BCUT2D eigenvalue weighted by atomic mass is 10.1. The Morgan fingerprint density at radius 1 is 0.920 bits per heavy atom. The van der Waals surface area contributed by atoms with Crippen molar-refractivity contribution in [1.82, 2.24) is 24.5 Å². The molecule has 124 valence electrons. The van der Waals surface area contributed by atoms with Gasteiger partial charge in [0.15, 0.2) is 5.82 Å². The zero-order valence-electron chi connectivity index (χ0n) is 13.5. The van der Waals surface area contributed by atoms with Gasteiger partial charge in [-0.25, -0.2) is 15.0 Å². The smallest absolute Gasteiger partial charge is 0.160 e. The zero-order valence-corrected chi connectivity index (χ0v) is 14.3. The van der Waals surface area contributed by atoms with Crippen LogP contribution in [-0.4, -0.2) is 24.5 Å². The summed E-state index contributed by atoms with van der Waals surface area (Å²) in [5, 5.41) is 0.511. The van der Waals surface area contributed by atoms with Gasteiger partial charge in [-0.1, -0.05) is 29.8 Å². The van der Waals surface area contributed by atoms with Gasteiger partial charge in [-0.2, -0.15) is 0 Å². The average molecular weight is 350 g/mol. The molecule has 0 aliphatic heterocycles. The van der Waals surface area contributed by atoms with Crippen LogP contribution in [0.1, 0.15) is 17.9 Å². The SMILES string of the molecule is Clc1cnc(CCCc2ccccn2)nc1-n1cnc2ccccc21. The Morgan fingerprint density at radius 2 is 1.80 bits per heavy atom. The van der Waals surface area contributed by atoms with E-state index in [-0.39, 0.29) is 0 Å². The number of para-hydroxylation sites is 2. The summed E-state index contributed by atoms with van der Waals surface area (Å²) in [7, 11) is 0. The molecule has 0 saturated carbocycles. The second kappa shape index (κ2) is 6.99. The van der Waals surface area contributed by atoms with Gasteiger partial charge in [0.25, 0.3) is 0 Å². The van der Waals surface area contributed by atoms with Crippen molar-refractivity contribution in [3.63, 3.8) is 0 Å². The van der Waals surface area contributed by atoms with Crippen molar-refractivity contribution in [2.75, 3.05) is 0 Å². The van der Waals surface area contributed by atoms with Crippen molar-refractivity contribution < 1.29 is 0 Å². The van der Waals surface area contributed by atoms with E-state index in [0.717, 1.165) is 41.8 Å². The molecular formula is C19H16ClN5. The maximum Gasteiger partial charge on any atom is 0.160 e. The molecule has 5 nitrogen and oxygen atoms in total. The molecule has 0 aliphatic rings. The predicted octanol–water partition coefficient (Wildman–Crippen LogP) is 4.04. The van der Waals surface area contributed by atoms with E-state index in [9.17, 15) is 0 Å². The van der Waals surface area contributed by atoms with Gasteiger partial charge in [0.05, 0.1) is 17.2 Å². The summed E-state index contributed by atoms with van der Waals surface area (Å²) in [6, 6.07) is 13.9. The molecule has 0 aliphatic carbocycles. The number of imidazole rings is 1. The number of hydrogen-bond acceptors (Lipinski definition) is 4. The van der Waals surface area contributed by atoms with Crippen LogP contribution in [0.15, 0.2) is 61.2 Å². The Hall–Kier alpha value is -2.79. The molecule has 3 heterocycles. The van der Waals surface area contributed by atoms with Crippen LogP contribution in [0.25, 0.3) is 16.9 Å². The molecule has 25 heavy (non-hydrogen) atoms. The molecule has 0 fully saturated rings. The summed E-state index contributed by atoms with van der Waals surface area (Å²) in [5.74, 6) is 1.44. The second-order valence-electron chi connectivity index (χ2n) is 5.74. The van der Waals surface area contributed by atoms with Crippen LogP contribution in [-0.2, 0) is 12.8 Å². The fourth-order valence-electron chi connectivity index (χ4n) is 2.78. The monoisotopic (exact) mass is 349 g/mol. The third kappa shape index (κ3) is 3.37. The van der Waals surface area contributed by atoms with Crippen molar-refractivity contribution in [1.29, 1.82) is 0 Å². The van der Waals surface area contributed by atoms with Gasteiger partial charge >= 0.3 is 0 Å². The maximum absolute atomic E-state index is 6.33. The average Bonchev–Trinajstić information content (AvgIpc) is 3.08. The molecule has 0 saturated heterocycles. The molecule has 4 rings (SSSR count). The van der Waals surface area contributed by atoms with E-state index in [2.05, 4.69) is 19.9 Å². The number of benzene rings is 1. The van der Waals surface area contributed by atoms with E-state index in [1.165, 1.54) is 0 Å². The van der Waals surface area contributed by atoms with Gasteiger partial charge < -0.3 is 0 Å². The van der Waals surface area contributed by atoms with Crippen molar-refractivity contribution >= 4 is 22.6 Å². The molecule has 4 aromatic rings. The second-order valence-corrected chi connectivity index (χ2v) is 6.14. The first-order valence-corrected chi connectivity index (χ1v) is 8.53. The highest BCUT2D eigenvalue weighted by molar-refractivity contribution is 6.32. The van der Waals surface area contributed by atoms with Crippen molar-refractivity contribution in [2.24, 2.45) is 0 Å². The summed E-state index contributed by atoms with van der Waals surface area (Å²) in [5.41, 5.74) is 2.97. The van der Waals surface area contributed by atoms with Crippen molar-refractivity contribution in [3.05, 3.63) is 77.7 Å². The van der Waals surface area contributed by atoms with Crippen LogP contribution in [0.4, 0.5) is 0 Å². The fourth-order valence-corrected chi connectivity index (χ4v) is 2.97. The van der Waals surface area contributed by atoms with Gasteiger partial charge in [-0.05, 0) is 37.1 Å². The van der Waals surface area contributed by atoms with Gasteiger partial charge in [0.1, 0.15) is 17.2 Å². The molecule has 0 unspecified atom stereocenters. The number of nitrogens with zero attached hydrogens (tertiary/aromatic N) is 5. The highest BCUT2D eigenvalue weighted by Gasteiger charge is 2.11. The van der Waals surface area contributed by atoms with Crippen LogP contribution < -0.4 is 0 Å². The molecule has 0 radical (unpaired) electrons. The Labute approximate surface area is 150 Å². The van der Waals surface area contributed by atoms with Crippen LogP contribution in [0.2, 0.25) is 5.02 Å². The molecular weight excluding hydrogens is 334 g/mol. The zero-order chi connectivity index (χ0) is 17.1. The summed E-state index contributed by atoms with van der Waals surface area (Å²) in [6.45, 7) is 0. The summed E-state index contributed by atoms with van der Waals surface area (Å²) >= 11 is 6.33. The van der Waals surface area contributed by atoms with Gasteiger partial charge in [0, 0.05) is 18.3 Å². The molecule has 0 atom stereocenters. The maximum atomic E-state index is 6.33. The quantitative estimate of drug-likeness (QED) is 0.545. The Kier molecular flexibility index (Phi) is 4.39. The first-order chi connectivity index (χ1) is 12.3. The van der Waals surface area contributed by atoms with E-state index in [1.807, 2.05) is 53.2 Å². The highest BCUT2D eigenvalue weighted by Crippen LogP contribution is 2.22. The number of halogens is 1. The number of hydrogen-bond donors (Lipinski definition) is 0. The molecule has 0 bridgehead atoms. The molecule has 6 heteroatoms. The largest absolute Gasteiger partial charge is 0.282 e. The number of aromatic nitrogens is 5. The van der Waals surface area contributed by atoms with Crippen LogP contribution >= 0.6 is 11.6 Å². The van der Waals surface area contributed by atoms with Crippen molar-refractivity contribution in [3.8, 4) is 5.82 Å². The minimum absolute atomic E-state index is 0.511. The molecule has 3 aromatic heterocycles. The topological polar surface area (TPSA) is 56.5 Å². The number of pyridine rings is 1. The Bertz CT molecular complexity index is 997. The minimum atomic E-state index is 0.511. The standard InChI is InChI=1S/C19H16ClN5/c20-15-12-22-18(10-5-7-14-6-3-4-11-21-14)24-19(15)25-13-23-16-8-1-2-9-17(16)25/h1-4,6,8-9,11-13H,5,7,10H2. The number of rotatable bonds is 5. The lowest BCUT2D eigenvalue weighted by Crippen LogP contribution is -2.04. The summed E-state index contributed by atoms with van der Waals surface area (Å²) < 4.78 is 1.90. The summed E-state index contributed by atoms with van der Waals surface area (Å²) in [6.07, 6.45) is 7.83.